The van der Waals surface area contributed by atoms with Gasteiger partial charge in [0.1, 0.15) is 5.82 Å². The van der Waals surface area contributed by atoms with E-state index in [1.807, 2.05) is 45.0 Å². The van der Waals surface area contributed by atoms with Crippen LogP contribution in [0, 0.1) is 25.6 Å². The molecule has 3 nitrogen and oxygen atoms in total. The van der Waals surface area contributed by atoms with Gasteiger partial charge in [-0.1, -0.05) is 30.3 Å². The Hall–Kier alpha value is -2.47. The molecule has 0 saturated heterocycles. The fourth-order valence-electron chi connectivity index (χ4n) is 4.48. The summed E-state index contributed by atoms with van der Waals surface area (Å²) in [4.78, 5) is 12.6. The van der Waals surface area contributed by atoms with Gasteiger partial charge in [0.15, 0.2) is 0 Å². The van der Waals surface area contributed by atoms with Crippen LogP contribution in [0.15, 0.2) is 71.8 Å². The van der Waals surface area contributed by atoms with Crippen LogP contribution in [0.3, 0.4) is 0 Å². The Morgan fingerprint density at radius 1 is 1.06 bits per heavy atom. The van der Waals surface area contributed by atoms with Gasteiger partial charge in [-0.05, 0) is 79.9 Å². The first-order valence-electron chi connectivity index (χ1n) is 10.8. The van der Waals surface area contributed by atoms with Crippen LogP contribution in [0.5, 0.6) is 0 Å². The van der Waals surface area contributed by atoms with E-state index < -0.39 is 10.7 Å². The number of thiol groups is 1. The number of alkyl halides is 1. The van der Waals surface area contributed by atoms with E-state index in [-0.39, 0.29) is 22.6 Å². The number of hydrogen-bond acceptors (Lipinski definition) is 3. The fraction of sp³-hybridized carbons (Fsp3) is 0.222. The molecule has 176 valence electrons. The summed E-state index contributed by atoms with van der Waals surface area (Å²) >= 11 is 17.2. The van der Waals surface area contributed by atoms with Crippen LogP contribution < -0.4 is 10.6 Å². The number of halogens is 3. The molecule has 0 bridgehead atoms. The molecule has 1 saturated carbocycles. The van der Waals surface area contributed by atoms with Crippen molar-refractivity contribution in [1.82, 2.24) is 0 Å². The number of amides is 1. The van der Waals surface area contributed by atoms with Crippen molar-refractivity contribution >= 4 is 53.1 Å². The molecule has 3 atom stereocenters. The van der Waals surface area contributed by atoms with Crippen molar-refractivity contribution in [3.05, 3.63) is 100.0 Å². The van der Waals surface area contributed by atoms with Crippen molar-refractivity contribution in [3.8, 4) is 0 Å². The zero-order chi connectivity index (χ0) is 24.8. The van der Waals surface area contributed by atoms with Crippen LogP contribution in [-0.2, 0) is 0 Å². The lowest BCUT2D eigenvalue weighted by molar-refractivity contribution is 0.102. The van der Waals surface area contributed by atoms with Crippen LogP contribution in [0.1, 0.15) is 39.9 Å². The minimum Gasteiger partial charge on any atom is -0.359 e. The minimum absolute atomic E-state index is 0.00126. The molecule has 34 heavy (non-hydrogen) atoms. The molecule has 3 aromatic rings. The highest BCUT2D eigenvalue weighted by atomic mass is 35.5. The molecule has 0 heterocycles. The Labute approximate surface area is 214 Å². The van der Waals surface area contributed by atoms with Gasteiger partial charge in [-0.3, -0.25) is 4.79 Å². The number of carbonyl (C=O) groups is 1. The third kappa shape index (κ3) is 4.97. The van der Waals surface area contributed by atoms with Crippen molar-refractivity contribution in [3.63, 3.8) is 0 Å². The monoisotopic (exact) mass is 514 g/mol. The Bertz CT molecular complexity index is 1290. The molecule has 1 aliphatic carbocycles. The number of nitrogens with one attached hydrogen (secondary N) is 2. The highest BCUT2D eigenvalue weighted by molar-refractivity contribution is 7.80. The van der Waals surface area contributed by atoms with E-state index in [0.29, 0.717) is 16.3 Å². The number of rotatable bonds is 6. The van der Waals surface area contributed by atoms with Crippen molar-refractivity contribution in [2.24, 2.45) is 5.92 Å². The second-order valence-electron chi connectivity index (χ2n) is 8.97. The van der Waals surface area contributed by atoms with E-state index in [4.69, 9.17) is 23.2 Å². The molecule has 1 aliphatic rings. The van der Waals surface area contributed by atoms with Crippen molar-refractivity contribution in [2.75, 3.05) is 10.6 Å². The summed E-state index contributed by atoms with van der Waals surface area (Å²) in [5.41, 5.74) is 5.44. The molecular formula is C27H25Cl2FN2OS. The van der Waals surface area contributed by atoms with E-state index in [2.05, 4.69) is 35.9 Å². The molecule has 1 amide bonds. The van der Waals surface area contributed by atoms with Crippen molar-refractivity contribution < 1.29 is 9.18 Å². The average Bonchev–Trinajstić information content (AvgIpc) is 3.33. The maximum atomic E-state index is 13.5. The molecule has 0 aliphatic heterocycles. The standard InChI is InChI=1S/C27H25Cl2FN2OS/c1-14-9-17(11-18(28)10-14)25-24(27(25,4)29)16(3)31-19-6-5-15(2)21(12-19)26(33)32-20-7-8-22(30)23(34)13-20/h5-13,24-25,31,34H,3H2,1-2,4H3,(H,32,33). The summed E-state index contributed by atoms with van der Waals surface area (Å²) < 4.78 is 13.5. The van der Waals surface area contributed by atoms with Crippen LogP contribution in [0.25, 0.3) is 0 Å². The van der Waals surface area contributed by atoms with Crippen molar-refractivity contribution in [1.29, 1.82) is 0 Å². The van der Waals surface area contributed by atoms with Crippen LogP contribution in [0.4, 0.5) is 15.8 Å². The van der Waals surface area contributed by atoms with Gasteiger partial charge in [0.2, 0.25) is 0 Å². The number of anilines is 2. The summed E-state index contributed by atoms with van der Waals surface area (Å²) in [6.07, 6.45) is 0. The van der Waals surface area contributed by atoms with Gasteiger partial charge in [0.05, 0.1) is 4.87 Å². The van der Waals surface area contributed by atoms with Gasteiger partial charge in [-0.15, -0.1) is 24.2 Å². The van der Waals surface area contributed by atoms with Gasteiger partial charge in [-0.25, -0.2) is 4.39 Å². The number of hydrogen-bond donors (Lipinski definition) is 3. The topological polar surface area (TPSA) is 41.1 Å². The minimum atomic E-state index is -0.487. The maximum absolute atomic E-state index is 13.5. The van der Waals surface area contributed by atoms with E-state index >= 15 is 0 Å². The third-order valence-electron chi connectivity index (χ3n) is 6.23. The predicted octanol–water partition coefficient (Wildman–Crippen LogP) is 7.97. The molecule has 2 N–H and O–H groups in total. The molecule has 4 rings (SSSR count). The largest absolute Gasteiger partial charge is 0.359 e. The first-order valence-corrected chi connectivity index (χ1v) is 12.0. The first kappa shape index (κ1) is 24.6. The van der Waals surface area contributed by atoms with Gasteiger partial charge < -0.3 is 10.6 Å². The molecule has 0 radical (unpaired) electrons. The Morgan fingerprint density at radius 3 is 2.41 bits per heavy atom. The van der Waals surface area contributed by atoms with Gasteiger partial charge in [-0.2, -0.15) is 0 Å². The predicted molar refractivity (Wildman–Crippen MR) is 142 cm³/mol. The van der Waals surface area contributed by atoms with Gasteiger partial charge >= 0.3 is 0 Å². The summed E-state index contributed by atoms with van der Waals surface area (Å²) in [5.74, 6) is -0.667. The quantitative estimate of drug-likeness (QED) is 0.230. The lowest BCUT2D eigenvalue weighted by Crippen LogP contribution is -2.14. The zero-order valence-corrected chi connectivity index (χ0v) is 21.5. The van der Waals surface area contributed by atoms with Gasteiger partial charge in [0, 0.05) is 44.4 Å². The second kappa shape index (κ2) is 9.29. The van der Waals surface area contributed by atoms with E-state index in [1.54, 1.807) is 6.07 Å². The fourth-order valence-corrected chi connectivity index (χ4v) is 5.44. The van der Waals surface area contributed by atoms with Crippen LogP contribution in [-0.4, -0.2) is 10.8 Å². The lowest BCUT2D eigenvalue weighted by Gasteiger charge is -2.14. The summed E-state index contributed by atoms with van der Waals surface area (Å²) in [6.45, 7) is 10.1. The lowest BCUT2D eigenvalue weighted by atomic mass is 10.0. The SMILES string of the molecule is C=C(Nc1ccc(C)c(C(=O)Nc2ccc(F)c(S)c2)c1)C1C(c2cc(C)cc(Cl)c2)C1(C)Cl. The van der Waals surface area contributed by atoms with Crippen LogP contribution >= 0.6 is 35.8 Å². The zero-order valence-electron chi connectivity index (χ0n) is 19.0. The maximum Gasteiger partial charge on any atom is 0.256 e. The van der Waals surface area contributed by atoms with E-state index in [0.717, 1.165) is 28.1 Å². The van der Waals surface area contributed by atoms with E-state index in [1.165, 1.54) is 18.2 Å². The number of allylic oxidation sites excluding steroid dienone is 1. The third-order valence-corrected chi connectivity index (χ3v) is 7.26. The van der Waals surface area contributed by atoms with Gasteiger partial charge in [0.25, 0.3) is 5.91 Å². The molecule has 3 unspecified atom stereocenters. The molecule has 0 aromatic heterocycles. The highest BCUT2D eigenvalue weighted by Crippen LogP contribution is 2.64. The Morgan fingerprint density at radius 2 is 1.74 bits per heavy atom. The van der Waals surface area contributed by atoms with Crippen molar-refractivity contribution in [2.45, 2.75) is 36.5 Å². The second-order valence-corrected chi connectivity index (χ2v) is 10.7. The summed E-state index contributed by atoms with van der Waals surface area (Å²) in [5, 5.41) is 6.82. The molecule has 1 fully saturated rings. The number of aryl methyl sites for hydroxylation is 2. The van der Waals surface area contributed by atoms with E-state index in [9.17, 15) is 9.18 Å². The normalized spacial score (nSPS) is 21.1. The molecule has 3 aromatic carbocycles. The Kier molecular flexibility index (Phi) is 6.74. The summed E-state index contributed by atoms with van der Waals surface area (Å²) in [7, 11) is 0. The smallest absolute Gasteiger partial charge is 0.256 e. The average molecular weight is 515 g/mol. The molecule has 0 spiro atoms. The molecule has 7 heteroatoms. The Balaban J connectivity index is 1.51. The molecular weight excluding hydrogens is 490 g/mol. The highest BCUT2D eigenvalue weighted by Gasteiger charge is 2.62. The number of carbonyl (C=O) groups excluding carboxylic acids is 1. The number of benzene rings is 3. The summed E-state index contributed by atoms with van der Waals surface area (Å²) in [6, 6.07) is 15.7. The first-order chi connectivity index (χ1) is 16.0. The van der Waals surface area contributed by atoms with Crippen LogP contribution in [0.2, 0.25) is 5.02 Å².